The second kappa shape index (κ2) is 7.34. The summed E-state index contributed by atoms with van der Waals surface area (Å²) in [7, 11) is 0. The van der Waals surface area contributed by atoms with Crippen molar-refractivity contribution in [1.82, 2.24) is 5.32 Å². The lowest BCUT2D eigenvalue weighted by molar-refractivity contribution is 0.540. The highest BCUT2D eigenvalue weighted by molar-refractivity contribution is 9.10. The molecule has 0 bridgehead atoms. The molecule has 0 amide bonds. The fourth-order valence-corrected chi connectivity index (χ4v) is 2.94. The smallest absolute Gasteiger partial charge is 0.142 e. The molecule has 1 unspecified atom stereocenters. The van der Waals surface area contributed by atoms with E-state index in [9.17, 15) is 8.78 Å². The van der Waals surface area contributed by atoms with Gasteiger partial charge in [-0.3, -0.25) is 0 Å². The molecule has 21 heavy (non-hydrogen) atoms. The Bertz CT molecular complexity index is 613. The molecule has 0 saturated heterocycles. The summed E-state index contributed by atoms with van der Waals surface area (Å²) in [5.41, 5.74) is 1.49. The molecular weight excluding hydrogens is 360 g/mol. The van der Waals surface area contributed by atoms with E-state index in [1.54, 1.807) is 12.1 Å². The van der Waals surface area contributed by atoms with Crippen molar-refractivity contribution in [2.45, 2.75) is 19.4 Å². The Balaban J connectivity index is 2.32. The van der Waals surface area contributed by atoms with E-state index in [4.69, 9.17) is 11.6 Å². The van der Waals surface area contributed by atoms with Gasteiger partial charge in [0, 0.05) is 10.5 Å². The maximum Gasteiger partial charge on any atom is 0.142 e. The molecular formula is C16H15BrClF2N. The first-order valence-corrected chi connectivity index (χ1v) is 7.80. The summed E-state index contributed by atoms with van der Waals surface area (Å²) >= 11 is 9.29. The van der Waals surface area contributed by atoms with Crippen LogP contribution in [0.15, 0.2) is 40.9 Å². The van der Waals surface area contributed by atoms with Crippen molar-refractivity contribution >= 4 is 27.5 Å². The number of likely N-dealkylation sites (N-methyl/N-ethyl adjacent to an activating group) is 1. The van der Waals surface area contributed by atoms with Crippen LogP contribution in [0.5, 0.6) is 0 Å². The Morgan fingerprint density at radius 3 is 2.67 bits per heavy atom. The van der Waals surface area contributed by atoms with Crippen LogP contribution in [0.4, 0.5) is 8.78 Å². The van der Waals surface area contributed by atoms with Crippen LogP contribution < -0.4 is 5.32 Å². The van der Waals surface area contributed by atoms with Crippen LogP contribution in [0.3, 0.4) is 0 Å². The topological polar surface area (TPSA) is 12.0 Å². The van der Waals surface area contributed by atoms with Gasteiger partial charge in [0.2, 0.25) is 0 Å². The van der Waals surface area contributed by atoms with Gasteiger partial charge < -0.3 is 5.32 Å². The third-order valence-electron chi connectivity index (χ3n) is 3.19. The van der Waals surface area contributed by atoms with Crippen molar-refractivity contribution < 1.29 is 8.78 Å². The van der Waals surface area contributed by atoms with Gasteiger partial charge >= 0.3 is 0 Å². The van der Waals surface area contributed by atoms with Crippen molar-refractivity contribution in [3.63, 3.8) is 0 Å². The number of nitrogens with one attached hydrogen (secondary N) is 1. The quantitative estimate of drug-likeness (QED) is 0.751. The molecule has 0 saturated carbocycles. The van der Waals surface area contributed by atoms with Crippen molar-refractivity contribution in [3.8, 4) is 0 Å². The number of benzene rings is 2. The van der Waals surface area contributed by atoms with Crippen molar-refractivity contribution in [2.24, 2.45) is 0 Å². The Kier molecular flexibility index (Phi) is 5.73. The SMILES string of the molecule is CCNC(Cc1cccc(F)c1Cl)c1cc(F)cc(Br)c1. The average Bonchev–Trinajstić information content (AvgIpc) is 2.42. The Labute approximate surface area is 136 Å². The van der Waals surface area contributed by atoms with Crippen LogP contribution in [-0.4, -0.2) is 6.54 Å². The van der Waals surface area contributed by atoms with Gasteiger partial charge in [-0.05, 0) is 48.4 Å². The number of hydrogen-bond donors (Lipinski definition) is 1. The first-order chi connectivity index (χ1) is 10.0. The fourth-order valence-electron chi connectivity index (χ4n) is 2.26. The molecule has 0 aliphatic heterocycles. The van der Waals surface area contributed by atoms with Gasteiger partial charge in [0.05, 0.1) is 5.02 Å². The lowest BCUT2D eigenvalue weighted by atomic mass is 9.98. The molecule has 0 fully saturated rings. The van der Waals surface area contributed by atoms with Gasteiger partial charge in [0.15, 0.2) is 0 Å². The van der Waals surface area contributed by atoms with Crippen molar-refractivity contribution in [3.05, 3.63) is 68.7 Å². The maximum atomic E-state index is 13.6. The lowest BCUT2D eigenvalue weighted by Gasteiger charge is -2.20. The van der Waals surface area contributed by atoms with Crippen LogP contribution in [0, 0.1) is 11.6 Å². The van der Waals surface area contributed by atoms with E-state index in [1.807, 2.05) is 13.0 Å². The summed E-state index contributed by atoms with van der Waals surface area (Å²) < 4.78 is 27.8. The van der Waals surface area contributed by atoms with Crippen LogP contribution in [0.25, 0.3) is 0 Å². The third kappa shape index (κ3) is 4.25. The van der Waals surface area contributed by atoms with Crippen LogP contribution >= 0.6 is 27.5 Å². The summed E-state index contributed by atoms with van der Waals surface area (Å²) in [5.74, 6) is -0.752. The van der Waals surface area contributed by atoms with E-state index in [1.165, 1.54) is 18.2 Å². The predicted molar refractivity (Wildman–Crippen MR) is 85.6 cm³/mol. The highest BCUT2D eigenvalue weighted by Gasteiger charge is 2.16. The van der Waals surface area contributed by atoms with Crippen molar-refractivity contribution in [1.29, 1.82) is 0 Å². The van der Waals surface area contributed by atoms with Crippen LogP contribution in [0.2, 0.25) is 5.02 Å². The normalized spacial score (nSPS) is 12.4. The predicted octanol–water partition coefficient (Wildman–Crippen LogP) is 5.27. The molecule has 2 aromatic carbocycles. The molecule has 5 heteroatoms. The molecule has 112 valence electrons. The van der Waals surface area contributed by atoms with E-state index < -0.39 is 5.82 Å². The summed E-state index contributed by atoms with van der Waals surface area (Å²) in [4.78, 5) is 0. The van der Waals surface area contributed by atoms with E-state index in [0.717, 1.165) is 5.56 Å². The minimum absolute atomic E-state index is 0.121. The summed E-state index contributed by atoms with van der Waals surface area (Å²) in [5, 5.41) is 3.40. The molecule has 1 nitrogen and oxygen atoms in total. The molecule has 2 rings (SSSR count). The van der Waals surface area contributed by atoms with Gasteiger partial charge in [0.25, 0.3) is 0 Å². The van der Waals surface area contributed by atoms with Crippen LogP contribution in [-0.2, 0) is 6.42 Å². The summed E-state index contributed by atoms with van der Waals surface area (Å²) in [6.07, 6.45) is 0.486. The highest BCUT2D eigenvalue weighted by Crippen LogP contribution is 2.27. The lowest BCUT2D eigenvalue weighted by Crippen LogP contribution is -2.23. The van der Waals surface area contributed by atoms with Gasteiger partial charge in [-0.15, -0.1) is 0 Å². The third-order valence-corrected chi connectivity index (χ3v) is 4.07. The Hall–Kier alpha value is -0.970. The first-order valence-electron chi connectivity index (χ1n) is 6.63. The van der Waals surface area contributed by atoms with E-state index >= 15 is 0 Å². The molecule has 1 N–H and O–H groups in total. The molecule has 1 atom stereocenters. The van der Waals surface area contributed by atoms with Gasteiger partial charge in [-0.2, -0.15) is 0 Å². The van der Waals surface area contributed by atoms with E-state index in [0.29, 0.717) is 23.0 Å². The number of halogens is 4. The highest BCUT2D eigenvalue weighted by atomic mass is 79.9. The largest absolute Gasteiger partial charge is 0.310 e. The van der Waals surface area contributed by atoms with Gasteiger partial charge in [0.1, 0.15) is 11.6 Å². The zero-order chi connectivity index (χ0) is 15.4. The van der Waals surface area contributed by atoms with Gasteiger partial charge in [-0.25, -0.2) is 8.78 Å². The van der Waals surface area contributed by atoms with Crippen molar-refractivity contribution in [2.75, 3.05) is 6.54 Å². The molecule has 0 aromatic heterocycles. The Morgan fingerprint density at radius 2 is 2.00 bits per heavy atom. The maximum absolute atomic E-state index is 13.6. The standard InChI is InChI=1S/C16H15BrClF2N/c1-2-21-15(11-6-12(17)9-13(19)7-11)8-10-4-3-5-14(20)16(10)18/h3-7,9,15,21H,2,8H2,1H3. The summed E-state index contributed by atoms with van der Waals surface area (Å²) in [6.45, 7) is 2.68. The second-order valence-electron chi connectivity index (χ2n) is 4.73. The Morgan fingerprint density at radius 1 is 1.24 bits per heavy atom. The molecule has 0 aliphatic rings. The zero-order valence-corrected chi connectivity index (χ0v) is 13.8. The average molecular weight is 375 g/mol. The molecule has 0 spiro atoms. The van der Waals surface area contributed by atoms with Crippen LogP contribution in [0.1, 0.15) is 24.1 Å². The first kappa shape index (κ1) is 16.4. The fraction of sp³-hybridized carbons (Fsp3) is 0.250. The molecule has 2 aromatic rings. The molecule has 0 radical (unpaired) electrons. The zero-order valence-electron chi connectivity index (χ0n) is 11.5. The minimum atomic E-state index is -0.440. The second-order valence-corrected chi connectivity index (χ2v) is 6.02. The van der Waals surface area contributed by atoms with E-state index in [-0.39, 0.29) is 16.9 Å². The monoisotopic (exact) mass is 373 g/mol. The molecule has 0 aliphatic carbocycles. The molecule has 0 heterocycles. The minimum Gasteiger partial charge on any atom is -0.310 e. The van der Waals surface area contributed by atoms with E-state index in [2.05, 4.69) is 21.2 Å². The number of rotatable bonds is 5. The van der Waals surface area contributed by atoms with Gasteiger partial charge in [-0.1, -0.05) is 46.6 Å². The summed E-state index contributed by atoms with van der Waals surface area (Å²) in [6, 6.07) is 9.33. The number of hydrogen-bond acceptors (Lipinski definition) is 1.